The van der Waals surface area contributed by atoms with Crippen molar-refractivity contribution in [2.75, 3.05) is 18.2 Å². The first-order valence-electron chi connectivity index (χ1n) is 6.66. The van der Waals surface area contributed by atoms with E-state index in [-0.39, 0.29) is 5.95 Å². The summed E-state index contributed by atoms with van der Waals surface area (Å²) >= 11 is 0. The Morgan fingerprint density at radius 2 is 1.86 bits per heavy atom. The van der Waals surface area contributed by atoms with E-state index in [0.717, 1.165) is 5.39 Å². The van der Waals surface area contributed by atoms with Gasteiger partial charge in [-0.2, -0.15) is 4.98 Å². The van der Waals surface area contributed by atoms with Gasteiger partial charge in [-0.1, -0.05) is 36.4 Å². The topological polar surface area (TPSA) is 73.1 Å². The van der Waals surface area contributed by atoms with E-state index in [0.29, 0.717) is 23.6 Å². The van der Waals surface area contributed by atoms with Crippen LogP contribution >= 0.6 is 0 Å². The maximum absolute atomic E-state index is 5.80. The number of methoxy groups -OCH3 is 1. The van der Waals surface area contributed by atoms with Crippen molar-refractivity contribution in [2.45, 2.75) is 6.54 Å². The molecule has 0 saturated carbocycles. The number of fused-ring (bicyclic) bond motifs is 1. The van der Waals surface area contributed by atoms with Crippen molar-refractivity contribution in [3.63, 3.8) is 0 Å². The van der Waals surface area contributed by atoms with Crippen LogP contribution in [-0.2, 0) is 6.54 Å². The molecule has 2 aromatic carbocycles. The normalized spacial score (nSPS) is 10.5. The fraction of sp³-hybridized carbons (Fsp3) is 0.125. The minimum Gasteiger partial charge on any atom is -0.494 e. The summed E-state index contributed by atoms with van der Waals surface area (Å²) in [6, 6.07) is 15.8. The van der Waals surface area contributed by atoms with Gasteiger partial charge in [0.15, 0.2) is 0 Å². The zero-order valence-corrected chi connectivity index (χ0v) is 11.7. The molecule has 1 heterocycles. The molecule has 0 aliphatic heterocycles. The highest BCUT2D eigenvalue weighted by atomic mass is 16.5. The summed E-state index contributed by atoms with van der Waals surface area (Å²) in [6.07, 6.45) is 0. The van der Waals surface area contributed by atoms with Gasteiger partial charge in [-0.05, 0) is 17.7 Å². The molecule has 0 fully saturated rings. The summed E-state index contributed by atoms with van der Waals surface area (Å²) < 4.78 is 5.33. The van der Waals surface area contributed by atoms with Gasteiger partial charge in [0.2, 0.25) is 5.95 Å². The van der Waals surface area contributed by atoms with Gasteiger partial charge in [0.05, 0.1) is 7.11 Å². The predicted molar refractivity (Wildman–Crippen MR) is 84.3 cm³/mol. The number of hydrogen-bond acceptors (Lipinski definition) is 5. The zero-order valence-electron chi connectivity index (χ0n) is 11.7. The summed E-state index contributed by atoms with van der Waals surface area (Å²) in [6.45, 7) is 0.670. The molecule has 21 heavy (non-hydrogen) atoms. The van der Waals surface area contributed by atoms with E-state index >= 15 is 0 Å². The SMILES string of the molecule is COc1cccc2c(NCc3ccccc3)nc(N)nc12. The molecule has 0 aliphatic carbocycles. The van der Waals surface area contributed by atoms with E-state index in [1.807, 2.05) is 36.4 Å². The van der Waals surface area contributed by atoms with Gasteiger partial charge in [0.1, 0.15) is 17.1 Å². The first-order valence-corrected chi connectivity index (χ1v) is 6.66. The highest BCUT2D eigenvalue weighted by molar-refractivity contribution is 5.93. The van der Waals surface area contributed by atoms with Gasteiger partial charge in [-0.25, -0.2) is 4.98 Å². The molecule has 106 valence electrons. The van der Waals surface area contributed by atoms with Gasteiger partial charge in [0, 0.05) is 11.9 Å². The second-order valence-corrected chi connectivity index (χ2v) is 4.63. The second-order valence-electron chi connectivity index (χ2n) is 4.63. The Bertz CT molecular complexity index is 759. The van der Waals surface area contributed by atoms with Crippen LogP contribution in [0.3, 0.4) is 0 Å². The van der Waals surface area contributed by atoms with E-state index in [1.54, 1.807) is 7.11 Å². The lowest BCUT2D eigenvalue weighted by molar-refractivity contribution is 0.419. The molecule has 1 aromatic heterocycles. The maximum Gasteiger partial charge on any atom is 0.222 e. The van der Waals surface area contributed by atoms with Gasteiger partial charge in [-0.3, -0.25) is 0 Å². The van der Waals surface area contributed by atoms with Crippen LogP contribution in [0.5, 0.6) is 5.75 Å². The molecule has 3 aromatic rings. The number of nitrogens with two attached hydrogens (primary N) is 1. The molecule has 3 N–H and O–H groups in total. The molecular weight excluding hydrogens is 264 g/mol. The molecule has 0 radical (unpaired) electrons. The number of nitrogen functional groups attached to an aromatic ring is 1. The highest BCUT2D eigenvalue weighted by Crippen LogP contribution is 2.28. The average molecular weight is 280 g/mol. The summed E-state index contributed by atoms with van der Waals surface area (Å²) in [5.41, 5.74) is 7.68. The van der Waals surface area contributed by atoms with E-state index < -0.39 is 0 Å². The second kappa shape index (κ2) is 5.66. The number of benzene rings is 2. The maximum atomic E-state index is 5.80. The number of anilines is 2. The van der Waals surface area contributed by atoms with Gasteiger partial charge in [-0.15, -0.1) is 0 Å². The molecule has 5 heteroatoms. The van der Waals surface area contributed by atoms with Gasteiger partial charge >= 0.3 is 0 Å². The minimum atomic E-state index is 0.225. The number of nitrogens with zero attached hydrogens (tertiary/aromatic N) is 2. The summed E-state index contributed by atoms with van der Waals surface area (Å²) in [5, 5.41) is 4.20. The molecule has 0 unspecified atom stereocenters. The Labute approximate surface area is 122 Å². The number of rotatable bonds is 4. The number of para-hydroxylation sites is 1. The largest absolute Gasteiger partial charge is 0.494 e. The lowest BCUT2D eigenvalue weighted by Crippen LogP contribution is -2.05. The number of nitrogens with one attached hydrogen (secondary N) is 1. The highest BCUT2D eigenvalue weighted by Gasteiger charge is 2.09. The van der Waals surface area contributed by atoms with Crippen LogP contribution in [-0.4, -0.2) is 17.1 Å². The Hall–Kier alpha value is -2.82. The zero-order chi connectivity index (χ0) is 14.7. The monoisotopic (exact) mass is 280 g/mol. The molecule has 0 spiro atoms. The van der Waals surface area contributed by atoms with Crippen molar-refractivity contribution in [3.05, 3.63) is 54.1 Å². The Kier molecular flexibility index (Phi) is 3.55. The molecule has 0 saturated heterocycles. The van der Waals surface area contributed by atoms with Gasteiger partial charge in [0.25, 0.3) is 0 Å². The summed E-state index contributed by atoms with van der Waals surface area (Å²) in [7, 11) is 1.62. The first-order chi connectivity index (χ1) is 10.3. The van der Waals surface area contributed by atoms with Crippen molar-refractivity contribution in [1.82, 2.24) is 9.97 Å². The molecule has 0 bridgehead atoms. The number of ether oxygens (including phenoxy) is 1. The van der Waals surface area contributed by atoms with E-state index in [2.05, 4.69) is 27.4 Å². The van der Waals surface area contributed by atoms with Crippen molar-refractivity contribution in [3.8, 4) is 5.75 Å². The van der Waals surface area contributed by atoms with Crippen LogP contribution < -0.4 is 15.8 Å². The van der Waals surface area contributed by atoms with Crippen LogP contribution in [0.25, 0.3) is 10.9 Å². The summed E-state index contributed by atoms with van der Waals surface area (Å²) in [4.78, 5) is 8.56. The van der Waals surface area contributed by atoms with Crippen LogP contribution in [0.15, 0.2) is 48.5 Å². The van der Waals surface area contributed by atoms with Crippen molar-refractivity contribution < 1.29 is 4.74 Å². The van der Waals surface area contributed by atoms with Crippen molar-refractivity contribution in [1.29, 1.82) is 0 Å². The van der Waals surface area contributed by atoms with Crippen LogP contribution in [0.2, 0.25) is 0 Å². The van der Waals surface area contributed by atoms with Crippen molar-refractivity contribution in [2.24, 2.45) is 0 Å². The molecule has 3 rings (SSSR count). The van der Waals surface area contributed by atoms with Crippen LogP contribution in [0, 0.1) is 0 Å². The third kappa shape index (κ3) is 2.72. The smallest absolute Gasteiger partial charge is 0.222 e. The third-order valence-electron chi connectivity index (χ3n) is 3.23. The first kappa shape index (κ1) is 13.2. The molecule has 0 aliphatic rings. The molecular formula is C16H16N4O. The van der Waals surface area contributed by atoms with Crippen LogP contribution in [0.4, 0.5) is 11.8 Å². The van der Waals surface area contributed by atoms with Crippen LogP contribution in [0.1, 0.15) is 5.56 Å². The number of aromatic nitrogens is 2. The fourth-order valence-electron chi connectivity index (χ4n) is 2.22. The van der Waals surface area contributed by atoms with E-state index in [9.17, 15) is 0 Å². The Balaban J connectivity index is 1.98. The lowest BCUT2D eigenvalue weighted by atomic mass is 10.2. The Morgan fingerprint density at radius 3 is 2.62 bits per heavy atom. The fourth-order valence-corrected chi connectivity index (χ4v) is 2.22. The lowest BCUT2D eigenvalue weighted by Gasteiger charge is -2.11. The molecule has 0 amide bonds. The molecule has 5 nitrogen and oxygen atoms in total. The quantitative estimate of drug-likeness (QED) is 0.768. The Morgan fingerprint density at radius 1 is 1.05 bits per heavy atom. The summed E-state index contributed by atoms with van der Waals surface area (Å²) in [5.74, 6) is 1.62. The predicted octanol–water partition coefficient (Wildman–Crippen LogP) is 2.83. The van der Waals surface area contributed by atoms with Gasteiger partial charge < -0.3 is 15.8 Å². The minimum absolute atomic E-state index is 0.225. The van der Waals surface area contributed by atoms with E-state index in [1.165, 1.54) is 5.56 Å². The molecule has 0 atom stereocenters. The average Bonchev–Trinajstić information content (AvgIpc) is 2.53. The third-order valence-corrected chi connectivity index (χ3v) is 3.23. The standard InChI is InChI=1S/C16H16N4O/c1-21-13-9-5-8-12-14(13)19-16(17)20-15(12)18-10-11-6-3-2-4-7-11/h2-9H,10H2,1H3,(H3,17,18,19,20). The van der Waals surface area contributed by atoms with Crippen molar-refractivity contribution >= 4 is 22.7 Å². The number of hydrogen-bond donors (Lipinski definition) is 2. The van der Waals surface area contributed by atoms with E-state index in [4.69, 9.17) is 10.5 Å².